The minimum atomic E-state index is -3.67. The highest BCUT2D eigenvalue weighted by Crippen LogP contribution is 2.15. The molecule has 0 saturated heterocycles. The Labute approximate surface area is 113 Å². The van der Waals surface area contributed by atoms with Gasteiger partial charge in [0, 0.05) is 24.1 Å². The van der Waals surface area contributed by atoms with Crippen LogP contribution >= 0.6 is 0 Å². The molecule has 0 radical (unpaired) electrons. The lowest BCUT2D eigenvalue weighted by atomic mass is 9.96. The second kappa shape index (κ2) is 5.81. The summed E-state index contributed by atoms with van der Waals surface area (Å²) in [6.07, 6.45) is 0. The second-order valence-corrected chi connectivity index (χ2v) is 7.00. The standard InChI is InChI=1S/C13H19NO4S/c1-10(16)11-5-4-6-12(7-11)19(17,18)14-8-13(2,3)9-15/h4-7,14-15H,8-9H2,1-3H3. The Bertz CT molecular complexity index is 564. The van der Waals surface area contributed by atoms with Gasteiger partial charge in [-0.2, -0.15) is 0 Å². The number of rotatable bonds is 6. The van der Waals surface area contributed by atoms with Crippen molar-refractivity contribution in [1.82, 2.24) is 4.72 Å². The van der Waals surface area contributed by atoms with Crippen molar-refractivity contribution in [2.75, 3.05) is 13.2 Å². The van der Waals surface area contributed by atoms with E-state index >= 15 is 0 Å². The van der Waals surface area contributed by atoms with Gasteiger partial charge >= 0.3 is 0 Å². The van der Waals surface area contributed by atoms with Gasteiger partial charge in [-0.15, -0.1) is 0 Å². The minimum absolute atomic E-state index is 0.0499. The molecule has 1 rings (SSSR count). The van der Waals surface area contributed by atoms with E-state index in [-0.39, 0.29) is 23.8 Å². The van der Waals surface area contributed by atoms with Crippen molar-refractivity contribution < 1.29 is 18.3 Å². The van der Waals surface area contributed by atoms with Crippen LogP contribution in [0.2, 0.25) is 0 Å². The summed E-state index contributed by atoms with van der Waals surface area (Å²) in [5.74, 6) is -0.187. The van der Waals surface area contributed by atoms with E-state index in [1.54, 1.807) is 19.9 Å². The maximum atomic E-state index is 12.1. The average molecular weight is 285 g/mol. The van der Waals surface area contributed by atoms with Crippen LogP contribution in [0.4, 0.5) is 0 Å². The van der Waals surface area contributed by atoms with Gasteiger partial charge in [0.05, 0.1) is 4.90 Å². The van der Waals surface area contributed by atoms with E-state index in [2.05, 4.69) is 4.72 Å². The smallest absolute Gasteiger partial charge is 0.240 e. The van der Waals surface area contributed by atoms with Crippen LogP contribution in [0.3, 0.4) is 0 Å². The molecule has 0 unspecified atom stereocenters. The molecule has 0 aliphatic heterocycles. The van der Waals surface area contributed by atoms with Crippen molar-refractivity contribution in [2.24, 2.45) is 5.41 Å². The van der Waals surface area contributed by atoms with Crippen LogP contribution in [0, 0.1) is 5.41 Å². The van der Waals surface area contributed by atoms with E-state index < -0.39 is 15.4 Å². The first kappa shape index (κ1) is 15.8. The van der Waals surface area contributed by atoms with Gasteiger partial charge < -0.3 is 5.11 Å². The topological polar surface area (TPSA) is 83.5 Å². The lowest BCUT2D eigenvalue weighted by Gasteiger charge is -2.21. The molecule has 0 heterocycles. The Morgan fingerprint density at radius 1 is 1.37 bits per heavy atom. The number of sulfonamides is 1. The third kappa shape index (κ3) is 4.41. The summed E-state index contributed by atoms with van der Waals surface area (Å²) in [6.45, 7) is 4.89. The molecule has 0 saturated carbocycles. The molecule has 0 aromatic heterocycles. The summed E-state index contributed by atoms with van der Waals surface area (Å²) in [5, 5.41) is 9.10. The lowest BCUT2D eigenvalue weighted by Crippen LogP contribution is -2.36. The highest BCUT2D eigenvalue weighted by molar-refractivity contribution is 7.89. The molecule has 0 bridgehead atoms. The number of hydrogen-bond donors (Lipinski definition) is 2. The molecule has 5 nitrogen and oxygen atoms in total. The van der Waals surface area contributed by atoms with Gasteiger partial charge in [0.15, 0.2) is 5.78 Å². The van der Waals surface area contributed by atoms with Gasteiger partial charge in [0.2, 0.25) is 10.0 Å². The first-order valence-electron chi connectivity index (χ1n) is 5.89. The zero-order valence-corrected chi connectivity index (χ0v) is 12.1. The molecule has 6 heteroatoms. The van der Waals surface area contributed by atoms with Crippen molar-refractivity contribution in [1.29, 1.82) is 0 Å². The molecule has 1 aromatic rings. The van der Waals surface area contributed by atoms with Crippen molar-refractivity contribution in [3.8, 4) is 0 Å². The predicted octanol–water partition coefficient (Wildman–Crippen LogP) is 1.19. The minimum Gasteiger partial charge on any atom is -0.396 e. The summed E-state index contributed by atoms with van der Waals surface area (Å²) in [5.41, 5.74) is -0.185. The van der Waals surface area contributed by atoms with E-state index in [0.717, 1.165) is 0 Å². The van der Waals surface area contributed by atoms with Crippen LogP contribution in [0.5, 0.6) is 0 Å². The van der Waals surface area contributed by atoms with Gasteiger partial charge in [-0.25, -0.2) is 13.1 Å². The first-order valence-corrected chi connectivity index (χ1v) is 7.38. The number of nitrogens with one attached hydrogen (secondary N) is 1. The van der Waals surface area contributed by atoms with Gasteiger partial charge in [0.25, 0.3) is 0 Å². The van der Waals surface area contributed by atoms with Crippen LogP contribution in [-0.2, 0) is 10.0 Å². The van der Waals surface area contributed by atoms with Crippen LogP contribution in [0.25, 0.3) is 0 Å². The number of benzene rings is 1. The maximum absolute atomic E-state index is 12.1. The van der Waals surface area contributed by atoms with Crippen LogP contribution < -0.4 is 4.72 Å². The molecule has 106 valence electrons. The Kier molecular flexibility index (Phi) is 4.84. The van der Waals surface area contributed by atoms with E-state index in [9.17, 15) is 13.2 Å². The molecular formula is C13H19NO4S. The number of ketones is 1. The monoisotopic (exact) mass is 285 g/mol. The summed E-state index contributed by atoms with van der Waals surface area (Å²) in [7, 11) is -3.67. The number of aliphatic hydroxyl groups excluding tert-OH is 1. The fourth-order valence-electron chi connectivity index (χ4n) is 1.31. The van der Waals surface area contributed by atoms with E-state index in [0.29, 0.717) is 5.56 Å². The van der Waals surface area contributed by atoms with E-state index in [1.165, 1.54) is 25.1 Å². The van der Waals surface area contributed by atoms with Crippen molar-refractivity contribution in [3.05, 3.63) is 29.8 Å². The maximum Gasteiger partial charge on any atom is 0.240 e. The van der Waals surface area contributed by atoms with Crippen molar-refractivity contribution in [3.63, 3.8) is 0 Å². The highest BCUT2D eigenvalue weighted by Gasteiger charge is 2.22. The fraction of sp³-hybridized carbons (Fsp3) is 0.462. The molecule has 0 aliphatic carbocycles. The van der Waals surface area contributed by atoms with Gasteiger partial charge in [-0.05, 0) is 19.1 Å². The lowest BCUT2D eigenvalue weighted by molar-refractivity contribution is 0.101. The number of hydrogen-bond acceptors (Lipinski definition) is 4. The molecule has 1 aromatic carbocycles. The number of carbonyl (C=O) groups excluding carboxylic acids is 1. The quantitative estimate of drug-likeness (QED) is 0.769. The summed E-state index contributed by atoms with van der Waals surface area (Å²) >= 11 is 0. The number of Topliss-reactive ketones (excluding diaryl/α,β-unsaturated/α-hetero) is 1. The second-order valence-electron chi connectivity index (χ2n) is 5.23. The van der Waals surface area contributed by atoms with Crippen LogP contribution in [0.1, 0.15) is 31.1 Å². The first-order chi connectivity index (χ1) is 8.68. The molecular weight excluding hydrogens is 266 g/mol. The number of carbonyl (C=O) groups is 1. The SMILES string of the molecule is CC(=O)c1cccc(S(=O)(=O)NCC(C)(C)CO)c1. The molecule has 0 aliphatic rings. The fourth-order valence-corrected chi connectivity index (χ4v) is 2.60. The van der Waals surface area contributed by atoms with Crippen LogP contribution in [-0.4, -0.2) is 32.5 Å². The Morgan fingerprint density at radius 2 is 2.00 bits per heavy atom. The molecule has 0 atom stereocenters. The van der Waals surface area contributed by atoms with E-state index in [4.69, 9.17) is 5.11 Å². The third-order valence-electron chi connectivity index (χ3n) is 2.72. The summed E-state index contributed by atoms with van der Waals surface area (Å²) < 4.78 is 26.6. The van der Waals surface area contributed by atoms with Gasteiger partial charge in [0.1, 0.15) is 0 Å². The Morgan fingerprint density at radius 3 is 2.53 bits per heavy atom. The van der Waals surface area contributed by atoms with Crippen molar-refractivity contribution in [2.45, 2.75) is 25.7 Å². The molecule has 0 spiro atoms. The molecule has 2 N–H and O–H groups in total. The number of aliphatic hydroxyl groups is 1. The Balaban J connectivity index is 2.95. The molecule has 19 heavy (non-hydrogen) atoms. The zero-order valence-electron chi connectivity index (χ0n) is 11.3. The van der Waals surface area contributed by atoms with Gasteiger partial charge in [-0.3, -0.25) is 4.79 Å². The predicted molar refractivity (Wildman–Crippen MR) is 72.5 cm³/mol. The molecule has 0 fully saturated rings. The van der Waals surface area contributed by atoms with Crippen molar-refractivity contribution >= 4 is 15.8 Å². The van der Waals surface area contributed by atoms with E-state index in [1.807, 2.05) is 0 Å². The largest absolute Gasteiger partial charge is 0.396 e. The normalized spacial score (nSPS) is 12.4. The third-order valence-corrected chi connectivity index (χ3v) is 4.12. The Hall–Kier alpha value is -1.24. The van der Waals surface area contributed by atoms with Crippen LogP contribution in [0.15, 0.2) is 29.2 Å². The average Bonchev–Trinajstić information content (AvgIpc) is 2.37. The highest BCUT2D eigenvalue weighted by atomic mass is 32.2. The molecule has 0 amide bonds. The summed E-state index contributed by atoms with van der Waals surface area (Å²) in [4.78, 5) is 11.3. The summed E-state index contributed by atoms with van der Waals surface area (Å²) in [6, 6.07) is 5.87. The zero-order chi connectivity index (χ0) is 14.7. The van der Waals surface area contributed by atoms with Gasteiger partial charge in [-0.1, -0.05) is 26.0 Å².